The van der Waals surface area contributed by atoms with Crippen molar-refractivity contribution in [3.8, 4) is 0 Å². The second kappa shape index (κ2) is 7.64. The summed E-state index contributed by atoms with van der Waals surface area (Å²) in [7, 11) is 2.14. The molecule has 0 bridgehead atoms. The average molecular weight is 266 g/mol. The largest absolute Gasteiger partial charge is 0.319 e. The van der Waals surface area contributed by atoms with Crippen molar-refractivity contribution in [2.24, 2.45) is 11.3 Å². The van der Waals surface area contributed by atoms with Gasteiger partial charge >= 0.3 is 0 Å². The van der Waals surface area contributed by atoms with Gasteiger partial charge in [0.15, 0.2) is 0 Å². The first kappa shape index (κ1) is 15.3. The van der Waals surface area contributed by atoms with Crippen molar-refractivity contribution in [3.63, 3.8) is 0 Å². The fraction of sp³-hybridized carbons (Fsp3) is 1.00. The van der Waals surface area contributed by atoms with Gasteiger partial charge in [-0.1, -0.05) is 32.6 Å². The van der Waals surface area contributed by atoms with Gasteiger partial charge in [-0.2, -0.15) is 0 Å². The predicted molar refractivity (Wildman–Crippen MR) is 83.5 cm³/mol. The highest BCUT2D eigenvalue weighted by atomic mass is 15.1. The van der Waals surface area contributed by atoms with Crippen LogP contribution in [0.15, 0.2) is 0 Å². The van der Waals surface area contributed by atoms with Gasteiger partial charge in [-0.15, -0.1) is 0 Å². The summed E-state index contributed by atoms with van der Waals surface area (Å²) < 4.78 is 0. The van der Waals surface area contributed by atoms with Crippen LogP contribution in [0.4, 0.5) is 0 Å². The molecule has 0 spiro atoms. The van der Waals surface area contributed by atoms with Crippen LogP contribution in [-0.2, 0) is 0 Å². The lowest BCUT2D eigenvalue weighted by atomic mass is 9.79. The van der Waals surface area contributed by atoms with Crippen molar-refractivity contribution in [2.45, 2.75) is 64.7 Å². The van der Waals surface area contributed by atoms with E-state index in [1.54, 1.807) is 0 Å². The van der Waals surface area contributed by atoms with Crippen molar-refractivity contribution in [3.05, 3.63) is 0 Å². The van der Waals surface area contributed by atoms with Crippen molar-refractivity contribution < 1.29 is 0 Å². The molecule has 0 aromatic heterocycles. The molecular formula is C17H34N2. The van der Waals surface area contributed by atoms with Gasteiger partial charge < -0.3 is 10.2 Å². The van der Waals surface area contributed by atoms with Crippen LogP contribution in [0.1, 0.15) is 64.7 Å². The third-order valence-corrected chi connectivity index (χ3v) is 5.03. The van der Waals surface area contributed by atoms with Crippen molar-refractivity contribution in [1.82, 2.24) is 10.2 Å². The van der Waals surface area contributed by atoms with Crippen LogP contribution >= 0.6 is 0 Å². The molecule has 0 heterocycles. The summed E-state index contributed by atoms with van der Waals surface area (Å²) in [6.45, 7) is 7.58. The average Bonchev–Trinajstić information content (AvgIpc) is 3.18. The molecule has 2 rings (SSSR count). The van der Waals surface area contributed by atoms with E-state index >= 15 is 0 Å². The van der Waals surface area contributed by atoms with Crippen molar-refractivity contribution in [2.75, 3.05) is 33.2 Å². The molecule has 2 aliphatic carbocycles. The fourth-order valence-corrected chi connectivity index (χ4v) is 3.94. The minimum absolute atomic E-state index is 0.565. The number of hydrogen-bond acceptors (Lipinski definition) is 2. The smallest absolute Gasteiger partial charge is 0.00502 e. The molecule has 0 aliphatic heterocycles. The second-order valence-corrected chi connectivity index (χ2v) is 7.12. The predicted octanol–water partition coefficient (Wildman–Crippen LogP) is 3.67. The van der Waals surface area contributed by atoms with E-state index in [1.807, 2.05) is 0 Å². The maximum atomic E-state index is 3.50. The van der Waals surface area contributed by atoms with Gasteiger partial charge in [-0.25, -0.2) is 0 Å². The topological polar surface area (TPSA) is 15.3 Å². The highest BCUT2D eigenvalue weighted by molar-refractivity contribution is 4.88. The van der Waals surface area contributed by atoms with Gasteiger partial charge in [0.2, 0.25) is 0 Å². The van der Waals surface area contributed by atoms with Crippen LogP contribution in [0, 0.1) is 11.3 Å². The molecule has 2 aliphatic rings. The second-order valence-electron chi connectivity index (χ2n) is 7.12. The zero-order valence-electron chi connectivity index (χ0n) is 13.2. The Morgan fingerprint density at radius 3 is 2.32 bits per heavy atom. The molecule has 0 aromatic carbocycles. The molecule has 0 saturated heterocycles. The van der Waals surface area contributed by atoms with E-state index in [1.165, 1.54) is 84.0 Å². The first-order valence-electron chi connectivity index (χ1n) is 8.65. The molecule has 1 N–H and O–H groups in total. The summed E-state index contributed by atoms with van der Waals surface area (Å²) in [6.07, 6.45) is 13.0. The van der Waals surface area contributed by atoms with Crippen LogP contribution in [-0.4, -0.2) is 38.1 Å². The first-order chi connectivity index (χ1) is 9.28. The van der Waals surface area contributed by atoms with E-state index in [0.29, 0.717) is 5.41 Å². The molecular weight excluding hydrogens is 232 g/mol. The van der Waals surface area contributed by atoms with Gasteiger partial charge in [0.05, 0.1) is 0 Å². The van der Waals surface area contributed by atoms with E-state index in [4.69, 9.17) is 0 Å². The normalized spacial score (nSPS) is 23.5. The Balaban J connectivity index is 1.94. The Kier molecular flexibility index (Phi) is 6.15. The van der Waals surface area contributed by atoms with E-state index in [2.05, 4.69) is 24.2 Å². The Morgan fingerprint density at radius 2 is 1.79 bits per heavy atom. The first-order valence-corrected chi connectivity index (χ1v) is 8.65. The maximum Gasteiger partial charge on any atom is 0.00502 e. The Hall–Kier alpha value is -0.0800. The van der Waals surface area contributed by atoms with Crippen molar-refractivity contribution >= 4 is 0 Å². The lowest BCUT2D eigenvalue weighted by Gasteiger charge is -2.38. The van der Waals surface area contributed by atoms with Crippen LogP contribution in [0.5, 0.6) is 0 Å². The number of hydrogen-bond donors (Lipinski definition) is 1. The van der Waals surface area contributed by atoms with E-state index in [0.717, 1.165) is 5.92 Å². The third kappa shape index (κ3) is 5.07. The number of nitrogens with zero attached hydrogens (tertiary/aromatic N) is 1. The van der Waals surface area contributed by atoms with E-state index < -0.39 is 0 Å². The van der Waals surface area contributed by atoms with Crippen LogP contribution in [0.2, 0.25) is 0 Å². The molecule has 2 fully saturated rings. The van der Waals surface area contributed by atoms with Crippen molar-refractivity contribution in [1.29, 1.82) is 0 Å². The van der Waals surface area contributed by atoms with E-state index in [-0.39, 0.29) is 0 Å². The van der Waals surface area contributed by atoms with Gasteiger partial charge in [0, 0.05) is 19.6 Å². The SMILES string of the molecule is CCCN(CC1CC1)CC1(CNC)CCCCCC1. The highest BCUT2D eigenvalue weighted by Crippen LogP contribution is 2.37. The molecule has 112 valence electrons. The molecule has 0 amide bonds. The molecule has 0 radical (unpaired) electrons. The lowest BCUT2D eigenvalue weighted by molar-refractivity contribution is 0.124. The zero-order valence-corrected chi connectivity index (χ0v) is 13.2. The van der Waals surface area contributed by atoms with Gasteiger partial charge in [-0.05, 0) is 57.0 Å². The van der Waals surface area contributed by atoms with Gasteiger partial charge in [0.1, 0.15) is 0 Å². The molecule has 2 heteroatoms. The van der Waals surface area contributed by atoms with Crippen LogP contribution in [0.3, 0.4) is 0 Å². The van der Waals surface area contributed by atoms with Gasteiger partial charge in [-0.3, -0.25) is 0 Å². The summed E-state index contributed by atoms with van der Waals surface area (Å²) in [6, 6.07) is 0. The Labute approximate surface area is 120 Å². The minimum atomic E-state index is 0.565. The summed E-state index contributed by atoms with van der Waals surface area (Å²) >= 11 is 0. The molecule has 0 aromatic rings. The van der Waals surface area contributed by atoms with Gasteiger partial charge in [0.25, 0.3) is 0 Å². The summed E-state index contributed by atoms with van der Waals surface area (Å²) in [5, 5.41) is 3.50. The molecule has 2 nitrogen and oxygen atoms in total. The quantitative estimate of drug-likeness (QED) is 0.674. The summed E-state index contributed by atoms with van der Waals surface area (Å²) in [5.74, 6) is 1.03. The molecule has 2 saturated carbocycles. The number of nitrogens with one attached hydrogen (secondary N) is 1. The molecule has 19 heavy (non-hydrogen) atoms. The van der Waals surface area contributed by atoms with E-state index in [9.17, 15) is 0 Å². The monoisotopic (exact) mass is 266 g/mol. The Bertz CT molecular complexity index is 240. The fourth-order valence-electron chi connectivity index (χ4n) is 3.94. The molecule has 0 unspecified atom stereocenters. The van der Waals surface area contributed by atoms with Crippen LogP contribution in [0.25, 0.3) is 0 Å². The maximum absolute atomic E-state index is 3.50. The highest BCUT2D eigenvalue weighted by Gasteiger charge is 2.34. The molecule has 0 atom stereocenters. The standard InChI is InChI=1S/C17H34N2/c1-3-12-19(13-16-8-9-16)15-17(14-18-2)10-6-4-5-7-11-17/h16,18H,3-15H2,1-2H3. The Morgan fingerprint density at radius 1 is 1.11 bits per heavy atom. The number of rotatable bonds is 8. The zero-order chi connectivity index (χ0) is 13.6. The minimum Gasteiger partial charge on any atom is -0.319 e. The summed E-state index contributed by atoms with van der Waals surface area (Å²) in [4.78, 5) is 2.79. The lowest BCUT2D eigenvalue weighted by Crippen LogP contribution is -2.44. The van der Waals surface area contributed by atoms with Crippen LogP contribution < -0.4 is 5.32 Å². The summed E-state index contributed by atoms with van der Waals surface area (Å²) in [5.41, 5.74) is 0.565. The third-order valence-electron chi connectivity index (χ3n) is 5.03.